The second-order valence-corrected chi connectivity index (χ2v) is 4.65. The summed E-state index contributed by atoms with van der Waals surface area (Å²) < 4.78 is 0. The number of guanidine groups is 1. The lowest BCUT2D eigenvalue weighted by atomic mass is 10.1. The highest BCUT2D eigenvalue weighted by molar-refractivity contribution is 5.89. The fourth-order valence-electron chi connectivity index (χ4n) is 1.83. The third-order valence-corrected chi connectivity index (χ3v) is 3.00. The minimum absolute atomic E-state index is 0.223. The van der Waals surface area contributed by atoms with E-state index in [4.69, 9.17) is 5.73 Å². The lowest BCUT2D eigenvalue weighted by Gasteiger charge is -2.07. The van der Waals surface area contributed by atoms with Crippen molar-refractivity contribution in [3.05, 3.63) is 51.4 Å². The maximum absolute atomic E-state index is 11.3. The largest absolute Gasteiger partial charge is 0.325 e. The van der Waals surface area contributed by atoms with Gasteiger partial charge in [-0.2, -0.15) is 0 Å². The van der Waals surface area contributed by atoms with Crippen LogP contribution in [-0.4, -0.2) is 15.9 Å². The van der Waals surface area contributed by atoms with Gasteiger partial charge in [0, 0.05) is 6.07 Å². The molecule has 0 saturated heterocycles. The number of rotatable bonds is 2. The minimum Gasteiger partial charge on any atom is -0.322 e. The third kappa shape index (κ3) is 3.23. The number of aromatic amines is 1. The summed E-state index contributed by atoms with van der Waals surface area (Å²) in [4.78, 5) is 20.9. The van der Waals surface area contributed by atoms with Crippen molar-refractivity contribution >= 4 is 17.6 Å². The molecule has 0 amide bonds. The number of aromatic nitrogens is 2. The topological polar surface area (TPSA) is 97.8 Å². The molecule has 0 aliphatic carbocycles. The van der Waals surface area contributed by atoms with Crippen LogP contribution in [0.3, 0.4) is 0 Å². The smallest absolute Gasteiger partial charge is 0.322 e. The van der Waals surface area contributed by atoms with Crippen molar-refractivity contribution in [1.82, 2.24) is 9.97 Å². The fourth-order valence-corrected chi connectivity index (χ4v) is 1.83. The van der Waals surface area contributed by atoms with E-state index < -0.39 is 0 Å². The molecule has 0 bridgehead atoms. The molecule has 0 aliphatic heterocycles. The van der Waals surface area contributed by atoms with Gasteiger partial charge in [0.2, 0.25) is 0 Å². The van der Waals surface area contributed by atoms with Crippen LogP contribution in [0.15, 0.2) is 29.1 Å². The van der Waals surface area contributed by atoms with Gasteiger partial charge in [-0.1, -0.05) is 12.1 Å². The zero-order chi connectivity index (χ0) is 14.7. The SMILES string of the molecule is Cc1cc(=O)[nH]c([NH+]=C(N)Nc2cccc(C)c2C)n1. The Hall–Kier alpha value is -2.63. The standard InChI is InChI=1S/C14H17N5O/c1-8-5-4-6-11(10(8)3)17-13(15)19-14-16-9(2)7-12(20)18-14/h4-7H,1-3H3,(H4,15,16,17,18,19,20)/p+1. The monoisotopic (exact) mass is 272 g/mol. The van der Waals surface area contributed by atoms with E-state index in [0.29, 0.717) is 17.6 Å². The molecule has 1 heterocycles. The number of anilines is 1. The van der Waals surface area contributed by atoms with E-state index >= 15 is 0 Å². The molecule has 1 aromatic carbocycles. The molecule has 20 heavy (non-hydrogen) atoms. The van der Waals surface area contributed by atoms with Crippen LogP contribution >= 0.6 is 0 Å². The van der Waals surface area contributed by atoms with Gasteiger partial charge in [-0.3, -0.25) is 10.1 Å². The van der Waals surface area contributed by atoms with Crippen molar-refractivity contribution in [2.45, 2.75) is 20.8 Å². The summed E-state index contributed by atoms with van der Waals surface area (Å²) in [5.74, 6) is 0.609. The molecule has 0 spiro atoms. The molecule has 0 saturated carbocycles. The Labute approximate surface area is 116 Å². The van der Waals surface area contributed by atoms with Crippen molar-refractivity contribution < 1.29 is 4.99 Å². The van der Waals surface area contributed by atoms with Crippen LogP contribution in [0.2, 0.25) is 0 Å². The number of nitrogens with two attached hydrogens (primary N) is 1. The quantitative estimate of drug-likeness (QED) is 0.451. The zero-order valence-electron chi connectivity index (χ0n) is 11.7. The Kier molecular flexibility index (Phi) is 3.84. The highest BCUT2D eigenvalue weighted by atomic mass is 16.1. The average molecular weight is 272 g/mol. The molecule has 0 fully saturated rings. The maximum Gasteiger partial charge on any atom is 0.325 e. The van der Waals surface area contributed by atoms with E-state index in [2.05, 4.69) is 20.3 Å². The summed E-state index contributed by atoms with van der Waals surface area (Å²) in [6.45, 7) is 5.79. The van der Waals surface area contributed by atoms with Gasteiger partial charge in [-0.25, -0.2) is 9.98 Å². The second-order valence-electron chi connectivity index (χ2n) is 4.65. The molecule has 0 atom stereocenters. The molecule has 2 aromatic rings. The Bertz CT molecular complexity index is 718. The molecule has 0 radical (unpaired) electrons. The van der Waals surface area contributed by atoms with E-state index in [9.17, 15) is 4.79 Å². The minimum atomic E-state index is -0.223. The highest BCUT2D eigenvalue weighted by Gasteiger charge is 2.06. The number of aryl methyl sites for hydroxylation is 2. The first kappa shape index (κ1) is 13.8. The van der Waals surface area contributed by atoms with E-state index in [1.54, 1.807) is 6.92 Å². The zero-order valence-corrected chi connectivity index (χ0v) is 11.7. The lowest BCUT2D eigenvalue weighted by Crippen LogP contribution is -2.73. The van der Waals surface area contributed by atoms with Gasteiger partial charge in [-0.05, 0) is 38.0 Å². The number of hydrogen-bond acceptors (Lipinski definition) is 2. The summed E-state index contributed by atoms with van der Waals surface area (Å²) in [6, 6.07) is 7.33. The Balaban J connectivity index is 2.27. The first-order chi connectivity index (χ1) is 9.45. The molecule has 104 valence electrons. The number of nitrogens with one attached hydrogen (secondary N) is 3. The number of H-pyrrole nitrogens is 1. The molecular weight excluding hydrogens is 254 g/mol. The van der Waals surface area contributed by atoms with E-state index in [1.165, 1.54) is 11.6 Å². The molecular formula is C14H18N5O+. The van der Waals surface area contributed by atoms with Gasteiger partial charge in [0.1, 0.15) is 0 Å². The van der Waals surface area contributed by atoms with Gasteiger partial charge >= 0.3 is 5.95 Å². The summed E-state index contributed by atoms with van der Waals surface area (Å²) in [5, 5.41) is 3.06. The third-order valence-electron chi connectivity index (χ3n) is 3.00. The Morgan fingerprint density at radius 3 is 2.80 bits per heavy atom. The molecule has 1 aromatic heterocycles. The number of hydrogen-bond donors (Lipinski definition) is 4. The van der Waals surface area contributed by atoms with Crippen LogP contribution in [0.1, 0.15) is 16.8 Å². The first-order valence-electron chi connectivity index (χ1n) is 6.26. The van der Waals surface area contributed by atoms with Crippen molar-refractivity contribution in [3.8, 4) is 0 Å². The molecule has 5 N–H and O–H groups in total. The second kappa shape index (κ2) is 5.56. The molecule has 6 heteroatoms. The van der Waals surface area contributed by atoms with Gasteiger partial charge in [0.05, 0.1) is 11.4 Å². The summed E-state index contributed by atoms with van der Waals surface area (Å²) in [6.07, 6.45) is 0. The van der Waals surface area contributed by atoms with Gasteiger partial charge in [0.25, 0.3) is 11.5 Å². The van der Waals surface area contributed by atoms with Crippen molar-refractivity contribution in [2.75, 3.05) is 5.32 Å². The first-order valence-corrected chi connectivity index (χ1v) is 6.26. The molecule has 6 nitrogen and oxygen atoms in total. The molecule has 2 rings (SSSR count). The highest BCUT2D eigenvalue weighted by Crippen LogP contribution is 2.16. The average Bonchev–Trinajstić information content (AvgIpc) is 2.33. The molecule has 0 unspecified atom stereocenters. The predicted molar refractivity (Wildman–Crippen MR) is 79.0 cm³/mol. The van der Waals surface area contributed by atoms with E-state index in [0.717, 1.165) is 11.3 Å². The van der Waals surface area contributed by atoms with Gasteiger partial charge < -0.3 is 5.73 Å². The predicted octanol–water partition coefficient (Wildman–Crippen LogP) is -0.166. The van der Waals surface area contributed by atoms with E-state index in [1.807, 2.05) is 32.0 Å². The van der Waals surface area contributed by atoms with Crippen LogP contribution in [0.5, 0.6) is 0 Å². The van der Waals surface area contributed by atoms with Crippen LogP contribution in [0.25, 0.3) is 0 Å². The van der Waals surface area contributed by atoms with Crippen molar-refractivity contribution in [1.29, 1.82) is 0 Å². The fraction of sp³-hybridized carbons (Fsp3) is 0.214. The van der Waals surface area contributed by atoms with Crippen LogP contribution in [0.4, 0.5) is 11.6 Å². The van der Waals surface area contributed by atoms with Gasteiger partial charge in [0.15, 0.2) is 0 Å². The van der Waals surface area contributed by atoms with Crippen LogP contribution in [-0.2, 0) is 0 Å². The lowest BCUT2D eigenvalue weighted by molar-refractivity contribution is -0.365. The Morgan fingerprint density at radius 2 is 2.10 bits per heavy atom. The van der Waals surface area contributed by atoms with Crippen LogP contribution < -0.4 is 21.6 Å². The summed E-state index contributed by atoms with van der Waals surface area (Å²) in [5.41, 5.74) is 9.48. The number of nitrogens with zero attached hydrogens (tertiary/aromatic N) is 1. The van der Waals surface area contributed by atoms with Crippen LogP contribution in [0, 0.1) is 20.8 Å². The molecule has 0 aliphatic rings. The Morgan fingerprint density at radius 1 is 1.35 bits per heavy atom. The van der Waals surface area contributed by atoms with Crippen molar-refractivity contribution in [2.24, 2.45) is 5.73 Å². The maximum atomic E-state index is 11.3. The summed E-state index contributed by atoms with van der Waals surface area (Å²) >= 11 is 0. The number of benzene rings is 1. The van der Waals surface area contributed by atoms with E-state index in [-0.39, 0.29) is 5.56 Å². The normalized spacial score (nSPS) is 11.4. The van der Waals surface area contributed by atoms with Crippen molar-refractivity contribution in [3.63, 3.8) is 0 Å². The van der Waals surface area contributed by atoms with Gasteiger partial charge in [-0.15, -0.1) is 4.98 Å². The summed E-state index contributed by atoms with van der Waals surface area (Å²) in [7, 11) is 0.